The highest BCUT2D eigenvalue weighted by atomic mass is 32.1. The fraction of sp³-hybridized carbons (Fsp3) is 0. The highest BCUT2D eigenvalue weighted by Gasteiger charge is 1.99. The third kappa shape index (κ3) is 0.869. The monoisotopic (exact) mass is 127 g/mol. The zero-order valence-corrected chi connectivity index (χ0v) is 4.81. The van der Waals surface area contributed by atoms with Crippen molar-refractivity contribution in [3.8, 4) is 0 Å². The number of carbonyl (C=O) groups is 1. The average molecular weight is 127 g/mol. The molecular formula is C5H4O2S. The first-order valence-electron chi connectivity index (χ1n) is 2.07. The Hall–Kier alpha value is -0.830. The molecular weight excluding hydrogens is 123 g/mol. The van der Waals surface area contributed by atoms with Gasteiger partial charge in [-0.05, 0) is 11.4 Å². The predicted octanol–water partition coefficient (Wildman–Crippen LogP) is 1.45. The normalized spacial score (nSPS) is 9.00. The smallest absolute Gasteiger partial charge is 0.345 e. The fourth-order valence-corrected chi connectivity index (χ4v) is 0.962. The van der Waals surface area contributed by atoms with E-state index in [1.165, 1.54) is 11.3 Å². The topological polar surface area (TPSA) is 37.3 Å². The second-order valence-electron chi connectivity index (χ2n) is 1.28. The molecule has 0 fully saturated rings. The van der Waals surface area contributed by atoms with Gasteiger partial charge in [-0.1, -0.05) is 6.07 Å². The molecule has 0 saturated heterocycles. The Morgan fingerprint density at radius 1 is 1.75 bits per heavy atom. The number of carboxylic acids is 1. The van der Waals surface area contributed by atoms with Crippen LogP contribution >= 0.6 is 11.3 Å². The first-order chi connectivity index (χ1) is 3.80. The average Bonchev–Trinajstić information content (AvgIpc) is 2.12. The first-order valence-corrected chi connectivity index (χ1v) is 2.95. The lowest BCUT2D eigenvalue weighted by Crippen LogP contribution is -1.89. The second-order valence-corrected chi connectivity index (χ2v) is 2.23. The van der Waals surface area contributed by atoms with Gasteiger partial charge >= 0.3 is 5.97 Å². The van der Waals surface area contributed by atoms with E-state index in [-0.39, 0.29) is 0 Å². The second kappa shape index (κ2) is 1.96. The number of aromatic carboxylic acids is 1. The molecule has 0 unspecified atom stereocenters. The Kier molecular flexibility index (Phi) is 1.30. The van der Waals surface area contributed by atoms with Crippen LogP contribution in [0.2, 0.25) is 0 Å². The van der Waals surface area contributed by atoms with Crippen LogP contribution in [0.1, 0.15) is 9.67 Å². The van der Waals surface area contributed by atoms with Crippen LogP contribution in [0.25, 0.3) is 0 Å². The van der Waals surface area contributed by atoms with E-state index in [9.17, 15) is 4.79 Å². The lowest BCUT2D eigenvalue weighted by molar-refractivity contribution is 0.0702. The SMILES string of the molecule is O=[11C](O)c1cccs1. The molecule has 0 saturated carbocycles. The summed E-state index contributed by atoms with van der Waals surface area (Å²) in [6.45, 7) is 0. The van der Waals surface area contributed by atoms with Gasteiger partial charge in [0.2, 0.25) is 0 Å². The molecule has 2 nitrogen and oxygen atoms in total. The molecule has 3 heteroatoms. The Bertz CT molecular complexity index is 178. The van der Waals surface area contributed by atoms with E-state index in [4.69, 9.17) is 5.11 Å². The fourth-order valence-electron chi connectivity index (χ4n) is 0.400. The van der Waals surface area contributed by atoms with Crippen molar-refractivity contribution in [1.82, 2.24) is 0 Å². The molecule has 1 aromatic rings. The van der Waals surface area contributed by atoms with Gasteiger partial charge in [0, 0.05) is 0 Å². The van der Waals surface area contributed by atoms with Crippen LogP contribution in [0.5, 0.6) is 0 Å². The number of thiophene rings is 1. The zero-order chi connectivity index (χ0) is 5.98. The first kappa shape index (κ1) is 5.31. The summed E-state index contributed by atoms with van der Waals surface area (Å²) in [5.74, 6) is -0.847. The summed E-state index contributed by atoms with van der Waals surface area (Å²) in [6, 6.07) is 3.29. The van der Waals surface area contributed by atoms with Gasteiger partial charge in [0.1, 0.15) is 4.88 Å². The molecule has 1 N–H and O–H groups in total. The number of carboxylic acid groups (broad SMARTS) is 1. The molecule has 0 aromatic carbocycles. The summed E-state index contributed by atoms with van der Waals surface area (Å²) in [7, 11) is 0. The number of hydrogen-bond donors (Lipinski definition) is 1. The van der Waals surface area contributed by atoms with Crippen LogP contribution in [0, 0.1) is 0 Å². The molecule has 0 atom stereocenters. The van der Waals surface area contributed by atoms with Crippen molar-refractivity contribution in [2.45, 2.75) is 0 Å². The van der Waals surface area contributed by atoms with Crippen LogP contribution in [-0.4, -0.2) is 11.1 Å². The molecule has 0 amide bonds. The Balaban J connectivity index is 2.93. The molecule has 1 heterocycles. The molecule has 0 aliphatic heterocycles. The van der Waals surface area contributed by atoms with Crippen molar-refractivity contribution >= 4 is 17.3 Å². The van der Waals surface area contributed by atoms with Gasteiger partial charge in [0.15, 0.2) is 0 Å². The molecule has 1 aromatic heterocycles. The van der Waals surface area contributed by atoms with Crippen molar-refractivity contribution in [3.05, 3.63) is 22.4 Å². The highest BCUT2D eigenvalue weighted by Crippen LogP contribution is 2.06. The molecule has 0 aliphatic carbocycles. The lowest BCUT2D eigenvalue weighted by atomic mass is 10.1. The highest BCUT2D eigenvalue weighted by molar-refractivity contribution is 7.11. The van der Waals surface area contributed by atoms with E-state index in [0.717, 1.165) is 0 Å². The molecule has 0 spiro atoms. The van der Waals surface area contributed by atoms with Gasteiger partial charge in [-0.2, -0.15) is 0 Å². The minimum atomic E-state index is -0.847. The van der Waals surface area contributed by atoms with Gasteiger partial charge in [-0.25, -0.2) is 4.79 Å². The summed E-state index contributed by atoms with van der Waals surface area (Å²) in [6.07, 6.45) is 0. The summed E-state index contributed by atoms with van der Waals surface area (Å²) in [5, 5.41) is 10.0. The quantitative estimate of drug-likeness (QED) is 0.619. The zero-order valence-electron chi connectivity index (χ0n) is 4.00. The third-order valence-corrected chi connectivity index (χ3v) is 1.59. The van der Waals surface area contributed by atoms with Crippen molar-refractivity contribution < 1.29 is 9.90 Å². The minimum absolute atomic E-state index is 0.394. The van der Waals surface area contributed by atoms with Gasteiger partial charge in [0.25, 0.3) is 0 Å². The van der Waals surface area contributed by atoms with Gasteiger partial charge in [-0.3, -0.25) is 0 Å². The van der Waals surface area contributed by atoms with Gasteiger partial charge in [0.05, 0.1) is 0 Å². The molecule has 0 aliphatic rings. The van der Waals surface area contributed by atoms with Crippen LogP contribution in [0.15, 0.2) is 17.5 Å². The summed E-state index contributed by atoms with van der Waals surface area (Å²) >= 11 is 1.23. The largest absolute Gasteiger partial charge is 0.477 e. The number of rotatable bonds is 1. The van der Waals surface area contributed by atoms with E-state index in [0.29, 0.717) is 4.88 Å². The van der Waals surface area contributed by atoms with Gasteiger partial charge in [-0.15, -0.1) is 11.3 Å². The lowest BCUT2D eigenvalue weighted by Gasteiger charge is -1.78. The van der Waals surface area contributed by atoms with Crippen LogP contribution < -0.4 is 0 Å². The molecule has 0 radical (unpaired) electrons. The third-order valence-electron chi connectivity index (χ3n) is 0.732. The van der Waals surface area contributed by atoms with E-state index in [2.05, 4.69) is 0 Å². The minimum Gasteiger partial charge on any atom is -0.477 e. The van der Waals surface area contributed by atoms with Crippen LogP contribution in [-0.2, 0) is 0 Å². The maximum atomic E-state index is 10.1. The van der Waals surface area contributed by atoms with E-state index in [1.807, 2.05) is 0 Å². The standard InChI is InChI=1S/C5H4O2S/c6-5(7)4-2-1-3-8-4/h1-3H,(H,6,7)/i5-1. The van der Waals surface area contributed by atoms with Crippen LogP contribution in [0.4, 0.5) is 0 Å². The van der Waals surface area contributed by atoms with Gasteiger partial charge < -0.3 is 5.11 Å². The molecule has 1 rings (SSSR count). The Morgan fingerprint density at radius 2 is 2.50 bits per heavy atom. The Morgan fingerprint density at radius 3 is 2.75 bits per heavy atom. The van der Waals surface area contributed by atoms with E-state index < -0.39 is 5.97 Å². The molecule has 42 valence electrons. The maximum absolute atomic E-state index is 10.1. The van der Waals surface area contributed by atoms with Crippen molar-refractivity contribution in [1.29, 1.82) is 0 Å². The predicted molar refractivity (Wildman–Crippen MR) is 31.3 cm³/mol. The summed E-state index contributed by atoms with van der Waals surface area (Å²) in [5.41, 5.74) is 0. The van der Waals surface area contributed by atoms with Crippen LogP contribution in [0.3, 0.4) is 0 Å². The molecule has 0 bridgehead atoms. The van der Waals surface area contributed by atoms with E-state index in [1.54, 1.807) is 17.5 Å². The van der Waals surface area contributed by atoms with Crippen molar-refractivity contribution in [3.63, 3.8) is 0 Å². The van der Waals surface area contributed by atoms with Crippen molar-refractivity contribution in [2.24, 2.45) is 0 Å². The maximum Gasteiger partial charge on any atom is 0.345 e. The number of hydrogen-bond acceptors (Lipinski definition) is 2. The molecule has 8 heavy (non-hydrogen) atoms. The van der Waals surface area contributed by atoms with E-state index >= 15 is 0 Å². The summed E-state index contributed by atoms with van der Waals surface area (Å²) < 4.78 is 0. The van der Waals surface area contributed by atoms with Crippen molar-refractivity contribution in [2.75, 3.05) is 0 Å². The Labute approximate surface area is 50.4 Å². The summed E-state index contributed by atoms with van der Waals surface area (Å²) in [4.78, 5) is 10.5.